The van der Waals surface area contributed by atoms with E-state index < -0.39 is 0 Å². The Bertz CT molecular complexity index is 706. The van der Waals surface area contributed by atoms with Gasteiger partial charge in [-0.2, -0.15) is 5.10 Å². The van der Waals surface area contributed by atoms with Gasteiger partial charge in [-0.25, -0.2) is 0 Å². The molecule has 0 unspecified atom stereocenters. The molecule has 6 heteroatoms. The largest absolute Gasteiger partial charge is 0.381 e. The summed E-state index contributed by atoms with van der Waals surface area (Å²) in [4.78, 5) is 15.5. The molecular formula is C18H23N3O2S. The Morgan fingerprint density at radius 2 is 2.38 bits per heavy atom. The second-order valence-electron chi connectivity index (χ2n) is 5.82. The minimum absolute atomic E-state index is 0.0415. The van der Waals surface area contributed by atoms with E-state index in [-0.39, 0.29) is 11.8 Å². The lowest BCUT2D eigenvalue weighted by molar-refractivity contribution is -0.127. The Morgan fingerprint density at radius 1 is 1.50 bits per heavy atom. The maximum Gasteiger partial charge on any atom is 0.246 e. The van der Waals surface area contributed by atoms with Gasteiger partial charge in [0.2, 0.25) is 5.91 Å². The Kier molecular flexibility index (Phi) is 5.48. The predicted octanol–water partition coefficient (Wildman–Crippen LogP) is 3.14. The highest BCUT2D eigenvalue weighted by Crippen LogP contribution is 2.28. The summed E-state index contributed by atoms with van der Waals surface area (Å²) in [5.41, 5.74) is 2.21. The van der Waals surface area contributed by atoms with Crippen LogP contribution in [0.2, 0.25) is 0 Å². The van der Waals surface area contributed by atoms with Crippen molar-refractivity contribution in [1.82, 2.24) is 14.7 Å². The normalized spacial score (nSPS) is 17.4. The SMILES string of the molecule is CCOC[C@H]1CN(C(=O)/C=C/c2cccs2)Cc2cn(CC)nc21. The minimum atomic E-state index is 0.0415. The van der Waals surface area contributed by atoms with Crippen molar-refractivity contribution in [1.29, 1.82) is 0 Å². The van der Waals surface area contributed by atoms with Crippen LogP contribution in [-0.4, -0.2) is 40.3 Å². The summed E-state index contributed by atoms with van der Waals surface area (Å²) in [5.74, 6) is 0.181. The number of carbonyl (C=O) groups excluding carboxylic acids is 1. The van der Waals surface area contributed by atoms with Gasteiger partial charge in [0, 0.05) is 54.9 Å². The molecule has 0 bridgehead atoms. The molecule has 0 N–H and O–H groups in total. The van der Waals surface area contributed by atoms with E-state index >= 15 is 0 Å². The number of ether oxygens (including phenoxy) is 1. The van der Waals surface area contributed by atoms with Gasteiger partial charge in [-0.05, 0) is 31.4 Å². The fourth-order valence-electron chi connectivity index (χ4n) is 2.93. The second-order valence-corrected chi connectivity index (χ2v) is 6.80. The van der Waals surface area contributed by atoms with E-state index in [9.17, 15) is 4.79 Å². The van der Waals surface area contributed by atoms with E-state index in [0.29, 0.717) is 26.3 Å². The van der Waals surface area contributed by atoms with Crippen LogP contribution in [0.5, 0.6) is 0 Å². The molecule has 1 aliphatic rings. The standard InChI is InChI=1S/C18H23N3O2S/c1-3-21-12-14-10-20(11-15(13-23-4-2)18(14)19-21)17(22)8-7-16-6-5-9-24-16/h5-9,12,15H,3-4,10-11,13H2,1-2H3/b8-7+/t15-/m1/s1. The summed E-state index contributed by atoms with van der Waals surface area (Å²) in [6.07, 6.45) is 5.60. The van der Waals surface area contributed by atoms with Crippen molar-refractivity contribution < 1.29 is 9.53 Å². The molecule has 3 heterocycles. The molecule has 2 aromatic rings. The highest BCUT2D eigenvalue weighted by atomic mass is 32.1. The Morgan fingerprint density at radius 3 is 3.08 bits per heavy atom. The quantitative estimate of drug-likeness (QED) is 0.756. The van der Waals surface area contributed by atoms with E-state index in [1.807, 2.05) is 40.1 Å². The molecular weight excluding hydrogens is 322 g/mol. The molecule has 24 heavy (non-hydrogen) atoms. The topological polar surface area (TPSA) is 47.4 Å². The van der Waals surface area contributed by atoms with Crippen molar-refractivity contribution >= 4 is 23.3 Å². The smallest absolute Gasteiger partial charge is 0.246 e. The first-order chi connectivity index (χ1) is 11.7. The fourth-order valence-corrected chi connectivity index (χ4v) is 3.55. The molecule has 0 saturated heterocycles. The van der Waals surface area contributed by atoms with Crippen molar-refractivity contribution in [2.24, 2.45) is 0 Å². The molecule has 0 saturated carbocycles. The summed E-state index contributed by atoms with van der Waals surface area (Å²) in [5, 5.41) is 6.67. The Hall–Kier alpha value is -1.92. The number of rotatable bonds is 6. The van der Waals surface area contributed by atoms with Gasteiger partial charge in [0.1, 0.15) is 0 Å². The zero-order chi connectivity index (χ0) is 16.9. The van der Waals surface area contributed by atoms with Gasteiger partial charge in [-0.3, -0.25) is 9.48 Å². The third kappa shape index (κ3) is 3.76. The Balaban J connectivity index is 1.76. The van der Waals surface area contributed by atoms with E-state index in [2.05, 4.69) is 18.2 Å². The van der Waals surface area contributed by atoms with E-state index in [0.717, 1.165) is 22.7 Å². The molecule has 1 atom stereocenters. The number of fused-ring (bicyclic) bond motifs is 1. The number of carbonyl (C=O) groups is 1. The third-order valence-electron chi connectivity index (χ3n) is 4.15. The van der Waals surface area contributed by atoms with Crippen LogP contribution in [0, 0.1) is 0 Å². The van der Waals surface area contributed by atoms with Crippen molar-refractivity contribution in [2.45, 2.75) is 32.9 Å². The molecule has 0 fully saturated rings. The number of hydrogen-bond donors (Lipinski definition) is 0. The van der Waals surface area contributed by atoms with Crippen molar-refractivity contribution in [3.63, 3.8) is 0 Å². The molecule has 0 spiro atoms. The highest BCUT2D eigenvalue weighted by molar-refractivity contribution is 7.10. The van der Waals surface area contributed by atoms with Gasteiger partial charge >= 0.3 is 0 Å². The number of hydrogen-bond acceptors (Lipinski definition) is 4. The van der Waals surface area contributed by atoms with Crippen LogP contribution in [0.3, 0.4) is 0 Å². The first kappa shape index (κ1) is 16.9. The summed E-state index contributed by atoms with van der Waals surface area (Å²) in [6.45, 7) is 7.44. The van der Waals surface area contributed by atoms with Crippen LogP contribution in [0.1, 0.15) is 35.9 Å². The average molecular weight is 345 g/mol. The van der Waals surface area contributed by atoms with Crippen LogP contribution < -0.4 is 0 Å². The monoisotopic (exact) mass is 345 g/mol. The van der Waals surface area contributed by atoms with Crippen LogP contribution in [-0.2, 0) is 22.6 Å². The van der Waals surface area contributed by atoms with E-state index in [1.54, 1.807) is 17.4 Å². The van der Waals surface area contributed by atoms with Gasteiger partial charge < -0.3 is 9.64 Å². The van der Waals surface area contributed by atoms with Crippen molar-refractivity contribution in [3.05, 3.63) is 45.9 Å². The van der Waals surface area contributed by atoms with E-state index in [4.69, 9.17) is 4.74 Å². The molecule has 1 aliphatic heterocycles. The van der Waals surface area contributed by atoms with Gasteiger partial charge in [0.05, 0.1) is 12.3 Å². The van der Waals surface area contributed by atoms with Gasteiger partial charge in [0.25, 0.3) is 0 Å². The summed E-state index contributed by atoms with van der Waals surface area (Å²) in [7, 11) is 0. The van der Waals surface area contributed by atoms with E-state index in [1.165, 1.54) is 0 Å². The van der Waals surface area contributed by atoms with Crippen LogP contribution in [0.4, 0.5) is 0 Å². The molecule has 0 aliphatic carbocycles. The van der Waals surface area contributed by atoms with Gasteiger partial charge in [-0.15, -0.1) is 11.3 Å². The summed E-state index contributed by atoms with van der Waals surface area (Å²) >= 11 is 1.63. The number of nitrogens with zero attached hydrogens (tertiary/aromatic N) is 3. The fraction of sp³-hybridized carbons (Fsp3) is 0.444. The lowest BCUT2D eigenvalue weighted by Gasteiger charge is -2.31. The molecule has 3 rings (SSSR count). The number of aryl methyl sites for hydroxylation is 1. The first-order valence-electron chi connectivity index (χ1n) is 8.35. The molecule has 1 amide bonds. The zero-order valence-corrected chi connectivity index (χ0v) is 15.0. The maximum atomic E-state index is 12.6. The van der Waals surface area contributed by atoms with Crippen LogP contribution in [0.15, 0.2) is 29.8 Å². The first-order valence-corrected chi connectivity index (χ1v) is 9.23. The lowest BCUT2D eigenvalue weighted by Crippen LogP contribution is -2.38. The second kappa shape index (κ2) is 7.77. The minimum Gasteiger partial charge on any atom is -0.381 e. The van der Waals surface area contributed by atoms with Gasteiger partial charge in [0.15, 0.2) is 0 Å². The number of thiophene rings is 1. The third-order valence-corrected chi connectivity index (χ3v) is 4.99. The molecule has 0 radical (unpaired) electrons. The number of amides is 1. The summed E-state index contributed by atoms with van der Waals surface area (Å²) < 4.78 is 7.56. The highest BCUT2D eigenvalue weighted by Gasteiger charge is 2.30. The van der Waals surface area contributed by atoms with Gasteiger partial charge in [-0.1, -0.05) is 6.07 Å². The zero-order valence-electron chi connectivity index (χ0n) is 14.1. The molecule has 5 nitrogen and oxygen atoms in total. The maximum absolute atomic E-state index is 12.6. The van der Waals surface area contributed by atoms with Crippen LogP contribution >= 0.6 is 11.3 Å². The Labute approximate surface area is 146 Å². The average Bonchev–Trinajstić information content (AvgIpc) is 3.26. The summed E-state index contributed by atoms with van der Waals surface area (Å²) in [6, 6.07) is 3.99. The van der Waals surface area contributed by atoms with Crippen molar-refractivity contribution in [2.75, 3.05) is 19.8 Å². The van der Waals surface area contributed by atoms with Crippen LogP contribution in [0.25, 0.3) is 6.08 Å². The molecule has 0 aromatic carbocycles. The predicted molar refractivity (Wildman–Crippen MR) is 95.9 cm³/mol. The molecule has 128 valence electrons. The number of aromatic nitrogens is 2. The lowest BCUT2D eigenvalue weighted by atomic mass is 9.97. The molecule has 2 aromatic heterocycles. The van der Waals surface area contributed by atoms with Crippen molar-refractivity contribution in [3.8, 4) is 0 Å².